The summed E-state index contributed by atoms with van der Waals surface area (Å²) in [4.78, 5) is 25.0. The van der Waals surface area contributed by atoms with E-state index in [0.717, 1.165) is 0 Å². The Hall–Kier alpha value is -2.34. The van der Waals surface area contributed by atoms with Crippen molar-refractivity contribution in [3.05, 3.63) is 45.5 Å². The second-order valence-electron chi connectivity index (χ2n) is 6.84. The molecule has 160 valence electrons. The van der Waals surface area contributed by atoms with Crippen LogP contribution in [0.4, 0.5) is 10.5 Å². The van der Waals surface area contributed by atoms with Crippen molar-refractivity contribution in [2.75, 3.05) is 18.1 Å². The second-order valence-corrected chi connectivity index (χ2v) is 10.3. The number of carbonyl (C=O) groups is 2. The third-order valence-electron chi connectivity index (χ3n) is 4.98. The normalized spacial score (nSPS) is 16.6. The van der Waals surface area contributed by atoms with E-state index in [1.807, 2.05) is 22.6 Å². The fourth-order valence-corrected chi connectivity index (χ4v) is 4.77. The lowest BCUT2D eigenvalue weighted by Crippen LogP contribution is -2.23. The van der Waals surface area contributed by atoms with Crippen LogP contribution >= 0.6 is 22.6 Å². The van der Waals surface area contributed by atoms with Gasteiger partial charge in [0.2, 0.25) is 5.91 Å². The number of anilines is 1. The number of carboxylic acid groups (broad SMARTS) is 1. The molecule has 1 aliphatic heterocycles. The monoisotopic (exact) mass is 544 g/mol. The number of benzene rings is 2. The van der Waals surface area contributed by atoms with Gasteiger partial charge in [0, 0.05) is 22.6 Å². The summed E-state index contributed by atoms with van der Waals surface area (Å²) in [5, 5.41) is 11.5. The van der Waals surface area contributed by atoms with E-state index in [9.17, 15) is 18.0 Å². The number of sulfone groups is 1. The Kier molecular flexibility index (Phi) is 6.56. The zero-order chi connectivity index (χ0) is 22.1. The highest BCUT2D eigenvalue weighted by atomic mass is 127. The van der Waals surface area contributed by atoms with Crippen molar-refractivity contribution in [3.8, 4) is 11.5 Å². The number of hydrogen-bond acceptors (Lipinski definition) is 5. The molecular weight excluding hydrogens is 523 g/mol. The summed E-state index contributed by atoms with van der Waals surface area (Å²) in [7, 11) is -1.61. The van der Waals surface area contributed by atoms with Crippen LogP contribution in [-0.2, 0) is 14.6 Å². The van der Waals surface area contributed by atoms with Gasteiger partial charge in [0.05, 0.1) is 22.4 Å². The first-order valence-electron chi connectivity index (χ1n) is 9.22. The predicted octanol–water partition coefficient (Wildman–Crippen LogP) is 4.26. The van der Waals surface area contributed by atoms with E-state index in [1.165, 1.54) is 12.1 Å². The highest BCUT2D eigenvalue weighted by molar-refractivity contribution is 14.1. The summed E-state index contributed by atoms with van der Waals surface area (Å²) in [6.45, 7) is 1.58. The zero-order valence-electron chi connectivity index (χ0n) is 16.4. The Morgan fingerprint density at radius 3 is 2.50 bits per heavy atom. The highest BCUT2D eigenvalue weighted by Crippen LogP contribution is 2.41. The molecule has 30 heavy (non-hydrogen) atoms. The molecule has 1 aliphatic rings. The first kappa shape index (κ1) is 22.3. The number of nitrogens with zero attached hydrogens (tertiary/aromatic N) is 1. The van der Waals surface area contributed by atoms with Gasteiger partial charge in [-0.05, 0) is 65.4 Å². The molecule has 2 aromatic carbocycles. The standard InChI is InChI=1S/C20H21IN2O6S/c1-3-30(27,28)13-6-4-12(5-7-13)29-18-11-15(21)16(22-20(25)26)10-14(18)17-8-9-19(24)23(17)2/h4-7,10-11,17,22H,3,8-9H2,1-2H3,(H,25,26). The van der Waals surface area contributed by atoms with Gasteiger partial charge >= 0.3 is 6.09 Å². The summed E-state index contributed by atoms with van der Waals surface area (Å²) in [5.41, 5.74) is 1.08. The molecule has 2 amide bonds. The van der Waals surface area contributed by atoms with Crippen molar-refractivity contribution < 1.29 is 27.9 Å². The number of amides is 2. The van der Waals surface area contributed by atoms with E-state index in [-0.39, 0.29) is 22.6 Å². The highest BCUT2D eigenvalue weighted by Gasteiger charge is 2.32. The van der Waals surface area contributed by atoms with Crippen molar-refractivity contribution in [3.63, 3.8) is 0 Å². The SMILES string of the molecule is CCS(=O)(=O)c1ccc(Oc2cc(I)c(NC(=O)O)cc2C2CCC(=O)N2C)cc1. The van der Waals surface area contributed by atoms with Crippen LogP contribution < -0.4 is 10.1 Å². The smallest absolute Gasteiger partial charge is 0.409 e. The van der Waals surface area contributed by atoms with E-state index in [0.29, 0.717) is 39.2 Å². The van der Waals surface area contributed by atoms with Gasteiger partial charge in [-0.25, -0.2) is 13.2 Å². The molecule has 3 rings (SSSR count). The summed E-state index contributed by atoms with van der Waals surface area (Å²) >= 11 is 2.01. The lowest BCUT2D eigenvalue weighted by Gasteiger charge is -2.24. The molecule has 0 aromatic heterocycles. The van der Waals surface area contributed by atoms with E-state index in [1.54, 1.807) is 43.1 Å². The molecule has 10 heteroatoms. The molecule has 1 atom stereocenters. The topological polar surface area (TPSA) is 113 Å². The Balaban J connectivity index is 1.99. The maximum Gasteiger partial charge on any atom is 0.409 e. The van der Waals surface area contributed by atoms with Crippen LogP contribution in [0, 0.1) is 3.57 Å². The number of ether oxygens (including phenoxy) is 1. The van der Waals surface area contributed by atoms with Crippen LogP contribution in [0.3, 0.4) is 0 Å². The maximum atomic E-state index is 12.0. The molecule has 1 unspecified atom stereocenters. The van der Waals surface area contributed by atoms with Gasteiger partial charge in [0.25, 0.3) is 0 Å². The van der Waals surface area contributed by atoms with E-state index >= 15 is 0 Å². The first-order chi connectivity index (χ1) is 14.1. The van der Waals surface area contributed by atoms with Crippen molar-refractivity contribution in [2.24, 2.45) is 0 Å². The summed E-state index contributed by atoms with van der Waals surface area (Å²) < 4.78 is 30.7. The average Bonchev–Trinajstić information content (AvgIpc) is 3.02. The van der Waals surface area contributed by atoms with Crippen LogP contribution in [0.2, 0.25) is 0 Å². The molecule has 0 saturated carbocycles. The van der Waals surface area contributed by atoms with Crippen molar-refractivity contribution in [1.82, 2.24) is 4.90 Å². The fourth-order valence-electron chi connectivity index (χ4n) is 3.31. The van der Waals surface area contributed by atoms with Crippen LogP contribution in [0.15, 0.2) is 41.3 Å². The molecule has 0 bridgehead atoms. The predicted molar refractivity (Wildman–Crippen MR) is 120 cm³/mol. The molecule has 0 spiro atoms. The van der Waals surface area contributed by atoms with Crippen LogP contribution in [0.1, 0.15) is 31.4 Å². The third kappa shape index (κ3) is 4.69. The van der Waals surface area contributed by atoms with Gasteiger partial charge in [-0.2, -0.15) is 0 Å². The van der Waals surface area contributed by atoms with Gasteiger partial charge < -0.3 is 14.7 Å². The minimum Gasteiger partial charge on any atom is -0.465 e. The van der Waals surface area contributed by atoms with E-state index in [4.69, 9.17) is 9.84 Å². The molecule has 8 nitrogen and oxygen atoms in total. The van der Waals surface area contributed by atoms with E-state index in [2.05, 4.69) is 5.32 Å². The van der Waals surface area contributed by atoms with Gasteiger partial charge in [-0.1, -0.05) is 6.92 Å². The van der Waals surface area contributed by atoms with Gasteiger partial charge in [-0.3, -0.25) is 10.1 Å². The Bertz CT molecular complexity index is 1090. The molecule has 1 saturated heterocycles. The summed E-state index contributed by atoms with van der Waals surface area (Å²) in [5.74, 6) is 0.933. The Morgan fingerprint density at radius 2 is 1.97 bits per heavy atom. The fraction of sp³-hybridized carbons (Fsp3) is 0.300. The molecule has 1 heterocycles. The summed E-state index contributed by atoms with van der Waals surface area (Å²) in [6, 6.07) is 9.26. The quantitative estimate of drug-likeness (QED) is 0.526. The molecule has 2 aromatic rings. The van der Waals surface area contributed by atoms with E-state index < -0.39 is 15.9 Å². The first-order valence-corrected chi connectivity index (χ1v) is 11.9. The van der Waals surface area contributed by atoms with Crippen molar-refractivity contribution >= 4 is 50.1 Å². The zero-order valence-corrected chi connectivity index (χ0v) is 19.4. The largest absolute Gasteiger partial charge is 0.465 e. The number of likely N-dealkylation sites (tertiary alicyclic amines) is 1. The van der Waals surface area contributed by atoms with Crippen LogP contribution in [0.25, 0.3) is 0 Å². The third-order valence-corrected chi connectivity index (χ3v) is 7.63. The summed E-state index contributed by atoms with van der Waals surface area (Å²) in [6.07, 6.45) is -0.194. The van der Waals surface area contributed by atoms with Gasteiger partial charge in [0.15, 0.2) is 9.84 Å². The molecular formula is C20H21IN2O6S. The molecule has 0 radical (unpaired) electrons. The Labute approximate surface area is 188 Å². The van der Waals surface area contributed by atoms with Crippen LogP contribution in [-0.4, -0.2) is 43.2 Å². The number of halogens is 1. The number of carbonyl (C=O) groups excluding carboxylic acids is 1. The molecule has 1 fully saturated rings. The Morgan fingerprint density at radius 1 is 1.30 bits per heavy atom. The number of rotatable bonds is 6. The lowest BCUT2D eigenvalue weighted by atomic mass is 10.0. The minimum absolute atomic E-state index is 0.00590. The number of hydrogen-bond donors (Lipinski definition) is 2. The molecule has 0 aliphatic carbocycles. The van der Waals surface area contributed by atoms with Crippen molar-refractivity contribution in [1.29, 1.82) is 0 Å². The van der Waals surface area contributed by atoms with Gasteiger partial charge in [0.1, 0.15) is 11.5 Å². The second kappa shape index (κ2) is 8.80. The average molecular weight is 544 g/mol. The minimum atomic E-state index is -3.31. The van der Waals surface area contributed by atoms with Crippen LogP contribution in [0.5, 0.6) is 11.5 Å². The van der Waals surface area contributed by atoms with Gasteiger partial charge in [-0.15, -0.1) is 0 Å². The molecule has 2 N–H and O–H groups in total. The lowest BCUT2D eigenvalue weighted by molar-refractivity contribution is -0.127. The number of nitrogens with one attached hydrogen (secondary N) is 1. The maximum absolute atomic E-state index is 12.0. The van der Waals surface area contributed by atoms with Crippen molar-refractivity contribution in [2.45, 2.75) is 30.7 Å².